The van der Waals surface area contributed by atoms with Crippen LogP contribution in [0.15, 0.2) is 42.5 Å². The maximum absolute atomic E-state index is 12.5. The SMILES string of the molecule is CCN(CC)C(=O)CN1CCN(c2cccc(-n3c(C(C)OC)nc4cc(C(=O)[O-])ccc43)c2)CC1. The summed E-state index contributed by atoms with van der Waals surface area (Å²) in [6, 6.07) is 13.1. The summed E-state index contributed by atoms with van der Waals surface area (Å²) in [5.74, 6) is -0.350. The first-order valence-corrected chi connectivity index (χ1v) is 12.5. The number of piperazine rings is 1. The third-order valence-corrected chi connectivity index (χ3v) is 6.93. The summed E-state index contributed by atoms with van der Waals surface area (Å²) in [6.45, 7) is 11.2. The van der Waals surface area contributed by atoms with E-state index in [1.165, 1.54) is 6.07 Å². The summed E-state index contributed by atoms with van der Waals surface area (Å²) in [7, 11) is 1.63. The van der Waals surface area contributed by atoms with Gasteiger partial charge in [0, 0.05) is 57.8 Å². The van der Waals surface area contributed by atoms with Gasteiger partial charge in [0.15, 0.2) is 0 Å². The van der Waals surface area contributed by atoms with Crippen LogP contribution in [0.1, 0.15) is 43.1 Å². The van der Waals surface area contributed by atoms with Crippen molar-refractivity contribution < 1.29 is 19.4 Å². The molecule has 0 radical (unpaired) electrons. The average Bonchev–Trinajstić information content (AvgIpc) is 3.28. The highest BCUT2D eigenvalue weighted by molar-refractivity contribution is 5.91. The lowest BCUT2D eigenvalue weighted by atomic mass is 10.2. The Kier molecular flexibility index (Phi) is 7.91. The molecule has 0 spiro atoms. The van der Waals surface area contributed by atoms with Crippen molar-refractivity contribution in [3.8, 4) is 5.69 Å². The van der Waals surface area contributed by atoms with E-state index in [9.17, 15) is 14.7 Å². The minimum Gasteiger partial charge on any atom is -0.545 e. The van der Waals surface area contributed by atoms with Crippen LogP contribution in [0.25, 0.3) is 16.7 Å². The number of anilines is 1. The first-order chi connectivity index (χ1) is 17.4. The van der Waals surface area contributed by atoms with Gasteiger partial charge < -0.3 is 24.4 Å². The Morgan fingerprint density at radius 3 is 2.39 bits per heavy atom. The highest BCUT2D eigenvalue weighted by Gasteiger charge is 2.22. The van der Waals surface area contributed by atoms with Crippen LogP contribution >= 0.6 is 0 Å². The third kappa shape index (κ3) is 5.22. The second-order valence-electron chi connectivity index (χ2n) is 9.02. The molecule has 9 nitrogen and oxygen atoms in total. The third-order valence-electron chi connectivity index (χ3n) is 6.93. The molecule has 0 saturated carbocycles. The molecule has 1 atom stereocenters. The number of carbonyl (C=O) groups is 2. The van der Waals surface area contributed by atoms with E-state index in [1.54, 1.807) is 19.2 Å². The Morgan fingerprint density at radius 2 is 1.75 bits per heavy atom. The van der Waals surface area contributed by atoms with Crippen LogP contribution in [0, 0.1) is 0 Å². The molecule has 1 amide bonds. The Balaban J connectivity index is 1.58. The van der Waals surface area contributed by atoms with Crippen LogP contribution in [0.3, 0.4) is 0 Å². The highest BCUT2D eigenvalue weighted by atomic mass is 16.5. The molecule has 3 aromatic rings. The van der Waals surface area contributed by atoms with Crippen LogP contribution < -0.4 is 10.0 Å². The number of amides is 1. The van der Waals surface area contributed by atoms with Gasteiger partial charge >= 0.3 is 0 Å². The number of nitrogens with zero attached hydrogens (tertiary/aromatic N) is 5. The summed E-state index contributed by atoms with van der Waals surface area (Å²) in [6.07, 6.45) is -0.292. The van der Waals surface area contributed by atoms with Gasteiger partial charge in [0.05, 0.1) is 23.5 Å². The number of hydrogen-bond donors (Lipinski definition) is 0. The number of likely N-dealkylation sites (N-methyl/N-ethyl adjacent to an activating group) is 1. The quantitative estimate of drug-likeness (QED) is 0.451. The predicted octanol–water partition coefficient (Wildman–Crippen LogP) is 2.09. The molecule has 2 heterocycles. The van der Waals surface area contributed by atoms with Crippen molar-refractivity contribution in [3.05, 3.63) is 53.9 Å². The number of carbonyl (C=O) groups excluding carboxylic acids is 2. The first kappa shape index (κ1) is 25.7. The molecular formula is C27H34N5O4-. The number of rotatable bonds is 9. The lowest BCUT2D eigenvalue weighted by Crippen LogP contribution is -2.50. The van der Waals surface area contributed by atoms with E-state index < -0.39 is 5.97 Å². The number of carboxylic acid groups (broad SMARTS) is 1. The second-order valence-corrected chi connectivity index (χ2v) is 9.02. The maximum Gasteiger partial charge on any atom is 0.236 e. The van der Waals surface area contributed by atoms with Crippen molar-refractivity contribution in [3.63, 3.8) is 0 Å². The molecule has 2 aromatic carbocycles. The van der Waals surface area contributed by atoms with Crippen LogP contribution in [-0.4, -0.2) is 84.2 Å². The smallest absolute Gasteiger partial charge is 0.236 e. The highest BCUT2D eigenvalue weighted by Crippen LogP contribution is 2.29. The molecular weight excluding hydrogens is 458 g/mol. The largest absolute Gasteiger partial charge is 0.545 e. The van der Waals surface area contributed by atoms with Crippen molar-refractivity contribution in [1.29, 1.82) is 0 Å². The van der Waals surface area contributed by atoms with Crippen molar-refractivity contribution >= 4 is 28.6 Å². The van der Waals surface area contributed by atoms with Gasteiger partial charge in [-0.3, -0.25) is 14.3 Å². The molecule has 4 rings (SSSR count). The molecule has 36 heavy (non-hydrogen) atoms. The monoisotopic (exact) mass is 492 g/mol. The molecule has 0 bridgehead atoms. The van der Waals surface area contributed by atoms with Gasteiger partial charge in [0.2, 0.25) is 5.91 Å². The fourth-order valence-electron chi connectivity index (χ4n) is 4.74. The molecule has 0 N–H and O–H groups in total. The van der Waals surface area contributed by atoms with Gasteiger partial charge in [0.1, 0.15) is 11.9 Å². The second kappa shape index (κ2) is 11.1. The summed E-state index contributed by atoms with van der Waals surface area (Å²) in [4.78, 5) is 35.0. The number of carboxylic acids is 1. The number of fused-ring (bicyclic) bond motifs is 1. The van der Waals surface area contributed by atoms with E-state index in [0.29, 0.717) is 17.9 Å². The van der Waals surface area contributed by atoms with Crippen LogP contribution in [-0.2, 0) is 9.53 Å². The number of imidazole rings is 1. The molecule has 0 aliphatic carbocycles. The minimum absolute atomic E-state index is 0.0925. The Bertz CT molecular complexity index is 1230. The van der Waals surface area contributed by atoms with E-state index in [2.05, 4.69) is 21.9 Å². The number of methoxy groups -OCH3 is 1. The summed E-state index contributed by atoms with van der Waals surface area (Å²) < 4.78 is 7.59. The number of ether oxygens (including phenoxy) is 1. The zero-order valence-electron chi connectivity index (χ0n) is 21.4. The molecule has 1 unspecified atom stereocenters. The molecule has 1 fully saturated rings. The van der Waals surface area contributed by atoms with Crippen LogP contribution in [0.4, 0.5) is 5.69 Å². The fourth-order valence-corrected chi connectivity index (χ4v) is 4.74. The summed E-state index contributed by atoms with van der Waals surface area (Å²) in [5.41, 5.74) is 3.49. The van der Waals surface area contributed by atoms with E-state index in [4.69, 9.17) is 9.72 Å². The van der Waals surface area contributed by atoms with Gasteiger partial charge in [-0.1, -0.05) is 12.1 Å². The normalized spacial score (nSPS) is 15.3. The van der Waals surface area contributed by atoms with Crippen molar-refractivity contribution in [2.75, 3.05) is 57.8 Å². The maximum atomic E-state index is 12.5. The zero-order chi connectivity index (χ0) is 25.8. The van der Waals surface area contributed by atoms with Gasteiger partial charge in [-0.05, 0) is 56.7 Å². The fraction of sp³-hybridized carbons (Fsp3) is 0.444. The van der Waals surface area contributed by atoms with E-state index >= 15 is 0 Å². The number of aromatic nitrogens is 2. The first-order valence-electron chi connectivity index (χ1n) is 12.5. The molecule has 1 aliphatic rings. The molecule has 1 aromatic heterocycles. The van der Waals surface area contributed by atoms with Gasteiger partial charge in [-0.15, -0.1) is 0 Å². The van der Waals surface area contributed by atoms with Crippen LogP contribution in [0.2, 0.25) is 0 Å². The van der Waals surface area contributed by atoms with Crippen molar-refractivity contribution in [2.24, 2.45) is 0 Å². The predicted molar refractivity (Wildman–Crippen MR) is 137 cm³/mol. The molecule has 1 saturated heterocycles. The van der Waals surface area contributed by atoms with Gasteiger partial charge in [-0.25, -0.2) is 4.98 Å². The van der Waals surface area contributed by atoms with Crippen molar-refractivity contribution in [1.82, 2.24) is 19.4 Å². The van der Waals surface area contributed by atoms with E-state index in [1.807, 2.05) is 42.4 Å². The van der Waals surface area contributed by atoms with E-state index in [-0.39, 0.29) is 17.6 Å². The minimum atomic E-state index is -1.23. The Labute approximate surface area is 211 Å². The summed E-state index contributed by atoms with van der Waals surface area (Å²) >= 11 is 0. The summed E-state index contributed by atoms with van der Waals surface area (Å²) in [5, 5.41) is 11.4. The van der Waals surface area contributed by atoms with E-state index in [0.717, 1.165) is 56.2 Å². The zero-order valence-corrected chi connectivity index (χ0v) is 21.4. The average molecular weight is 493 g/mol. The van der Waals surface area contributed by atoms with Crippen molar-refractivity contribution in [2.45, 2.75) is 26.9 Å². The molecule has 192 valence electrons. The van der Waals surface area contributed by atoms with Crippen LogP contribution in [0.5, 0.6) is 0 Å². The molecule has 9 heteroatoms. The Morgan fingerprint density at radius 1 is 1.06 bits per heavy atom. The van der Waals surface area contributed by atoms with Gasteiger partial charge in [-0.2, -0.15) is 0 Å². The number of hydrogen-bond acceptors (Lipinski definition) is 7. The Hall–Kier alpha value is -3.43. The topological polar surface area (TPSA) is 94.0 Å². The number of benzene rings is 2. The van der Waals surface area contributed by atoms with Gasteiger partial charge in [0.25, 0.3) is 0 Å². The lowest BCUT2D eigenvalue weighted by molar-refractivity contribution is -0.255. The standard InChI is InChI=1S/C27H35N5O4/c1-5-30(6-2)25(33)18-29-12-14-31(15-13-29)21-8-7-9-22(17-21)32-24-11-10-20(27(34)35)16-23(24)28-26(32)19(3)36-4/h7-11,16-17,19H,5-6,12-15,18H2,1-4H3,(H,34,35)/p-1. The number of aromatic carboxylic acids is 1. The molecule has 1 aliphatic heterocycles. The lowest BCUT2D eigenvalue weighted by Gasteiger charge is -2.36.